The van der Waals surface area contributed by atoms with Gasteiger partial charge >= 0.3 is 12.4 Å². The molecule has 0 amide bonds. The number of alkyl halides is 7. The van der Waals surface area contributed by atoms with Gasteiger partial charge in [0.1, 0.15) is 6.04 Å². The third-order valence-electron chi connectivity index (χ3n) is 2.36. The molecule has 0 aliphatic heterocycles. The van der Waals surface area contributed by atoms with Crippen molar-refractivity contribution in [3.05, 3.63) is 23.8 Å². The van der Waals surface area contributed by atoms with Gasteiger partial charge in [-0.1, -0.05) is 12.2 Å². The van der Waals surface area contributed by atoms with Gasteiger partial charge in [0, 0.05) is 6.42 Å². The van der Waals surface area contributed by atoms with E-state index in [1.807, 2.05) is 0 Å². The van der Waals surface area contributed by atoms with E-state index in [0.29, 0.717) is 6.08 Å². The molecule has 2 N–H and O–H groups in total. The molecular weight excluding hydrogens is 255 g/mol. The van der Waals surface area contributed by atoms with Gasteiger partial charge in [-0.25, -0.2) is 4.39 Å². The minimum atomic E-state index is -5.27. The van der Waals surface area contributed by atoms with Gasteiger partial charge in [0.05, 0.1) is 0 Å². The van der Waals surface area contributed by atoms with Crippen LogP contribution in [0.4, 0.5) is 30.7 Å². The lowest BCUT2D eigenvalue weighted by molar-refractivity contribution is -0.213. The molecule has 1 aliphatic carbocycles. The SMILES string of the molecule is NC(C1=CC=CC(F)(C(F)(F)F)C1)C(F)(F)F. The molecule has 0 heterocycles. The molecule has 17 heavy (non-hydrogen) atoms. The number of nitrogens with two attached hydrogens (primary N) is 1. The summed E-state index contributed by atoms with van der Waals surface area (Å²) in [6.07, 6.45) is -10.1. The minimum absolute atomic E-state index is 0.180. The van der Waals surface area contributed by atoms with Crippen LogP contribution in [0.5, 0.6) is 0 Å². The van der Waals surface area contributed by atoms with Crippen molar-refractivity contribution in [1.29, 1.82) is 0 Å². The van der Waals surface area contributed by atoms with Crippen LogP contribution in [-0.4, -0.2) is 24.1 Å². The largest absolute Gasteiger partial charge is 0.426 e. The molecule has 98 valence electrons. The second-order valence-corrected chi connectivity index (χ2v) is 3.66. The molecule has 0 radical (unpaired) electrons. The average Bonchev–Trinajstić information content (AvgIpc) is 2.13. The van der Waals surface area contributed by atoms with Crippen LogP contribution in [0, 0.1) is 0 Å². The monoisotopic (exact) mass is 263 g/mol. The van der Waals surface area contributed by atoms with E-state index < -0.39 is 36.1 Å². The highest BCUT2D eigenvalue weighted by atomic mass is 19.4. The van der Waals surface area contributed by atoms with Crippen molar-refractivity contribution < 1.29 is 30.7 Å². The standard InChI is InChI=1S/C9H8F7N/c10-7(9(14,15)16)3-1-2-5(4-7)6(17)8(11,12)13/h1-3,6H,4,17H2. The lowest BCUT2D eigenvalue weighted by Crippen LogP contribution is -2.46. The lowest BCUT2D eigenvalue weighted by Gasteiger charge is -2.30. The summed E-state index contributed by atoms with van der Waals surface area (Å²) in [5.74, 6) is 0. The van der Waals surface area contributed by atoms with E-state index in [1.165, 1.54) is 0 Å². The Bertz CT molecular complexity index is 351. The van der Waals surface area contributed by atoms with E-state index in [-0.39, 0.29) is 6.08 Å². The fourth-order valence-corrected chi connectivity index (χ4v) is 1.36. The molecule has 0 saturated carbocycles. The highest BCUT2D eigenvalue weighted by molar-refractivity contribution is 5.30. The Morgan fingerprint density at radius 1 is 1.18 bits per heavy atom. The molecule has 0 aromatic heterocycles. The first kappa shape index (κ1) is 14.0. The molecule has 1 rings (SSSR count). The van der Waals surface area contributed by atoms with Crippen LogP contribution in [0.25, 0.3) is 0 Å². The van der Waals surface area contributed by atoms with Crippen LogP contribution in [0.2, 0.25) is 0 Å². The number of halogens is 7. The lowest BCUT2D eigenvalue weighted by atomic mass is 9.87. The highest BCUT2D eigenvalue weighted by Gasteiger charge is 2.56. The Hall–Kier alpha value is -1.05. The third-order valence-corrected chi connectivity index (χ3v) is 2.36. The summed E-state index contributed by atoms with van der Waals surface area (Å²) >= 11 is 0. The first-order chi connectivity index (χ1) is 7.47. The van der Waals surface area contributed by atoms with Crippen molar-refractivity contribution in [3.63, 3.8) is 0 Å². The maximum Gasteiger partial charge on any atom is 0.426 e. The van der Waals surface area contributed by atoms with Crippen molar-refractivity contribution in [1.82, 2.24) is 0 Å². The number of hydrogen-bond acceptors (Lipinski definition) is 1. The predicted molar refractivity (Wildman–Crippen MR) is 45.8 cm³/mol. The van der Waals surface area contributed by atoms with Gasteiger partial charge < -0.3 is 5.73 Å². The molecule has 0 aromatic carbocycles. The first-order valence-corrected chi connectivity index (χ1v) is 4.43. The van der Waals surface area contributed by atoms with Crippen molar-refractivity contribution >= 4 is 0 Å². The molecule has 1 aliphatic rings. The minimum Gasteiger partial charge on any atom is -0.317 e. The van der Waals surface area contributed by atoms with E-state index in [4.69, 9.17) is 5.73 Å². The fraction of sp³-hybridized carbons (Fsp3) is 0.556. The fourth-order valence-electron chi connectivity index (χ4n) is 1.36. The van der Waals surface area contributed by atoms with E-state index in [2.05, 4.69) is 0 Å². The molecule has 1 nitrogen and oxygen atoms in total. The maximum absolute atomic E-state index is 13.4. The topological polar surface area (TPSA) is 26.0 Å². The quantitative estimate of drug-likeness (QED) is 0.723. The van der Waals surface area contributed by atoms with Gasteiger partial charge in [-0.3, -0.25) is 0 Å². The van der Waals surface area contributed by atoms with Gasteiger partial charge in [-0.05, 0) is 11.6 Å². The van der Waals surface area contributed by atoms with Crippen molar-refractivity contribution in [2.24, 2.45) is 5.73 Å². The van der Waals surface area contributed by atoms with E-state index in [1.54, 1.807) is 0 Å². The molecule has 0 spiro atoms. The van der Waals surface area contributed by atoms with Crippen molar-refractivity contribution in [3.8, 4) is 0 Å². The Labute approximate surface area is 91.8 Å². The van der Waals surface area contributed by atoms with Gasteiger partial charge in [0.2, 0.25) is 5.67 Å². The molecule has 0 bridgehead atoms. The Morgan fingerprint density at radius 2 is 1.71 bits per heavy atom. The van der Waals surface area contributed by atoms with E-state index >= 15 is 0 Å². The number of hydrogen-bond donors (Lipinski definition) is 1. The molecule has 0 fully saturated rings. The second-order valence-electron chi connectivity index (χ2n) is 3.66. The summed E-state index contributed by atoms with van der Waals surface area (Å²) in [5.41, 5.74) is 0.103. The summed E-state index contributed by atoms with van der Waals surface area (Å²) in [7, 11) is 0. The molecule has 0 saturated heterocycles. The summed E-state index contributed by atoms with van der Waals surface area (Å²) in [6.45, 7) is 0. The van der Waals surface area contributed by atoms with Crippen molar-refractivity contribution in [2.45, 2.75) is 30.5 Å². The predicted octanol–water partition coefficient (Wildman–Crippen LogP) is 3.03. The van der Waals surface area contributed by atoms with Crippen LogP contribution in [-0.2, 0) is 0 Å². The summed E-state index contributed by atoms with van der Waals surface area (Å²) in [5, 5.41) is 0. The molecule has 2 atom stereocenters. The number of allylic oxidation sites excluding steroid dienone is 3. The molecule has 8 heteroatoms. The van der Waals surface area contributed by atoms with E-state index in [9.17, 15) is 30.7 Å². The molecule has 2 unspecified atom stereocenters. The zero-order valence-electron chi connectivity index (χ0n) is 8.24. The van der Waals surface area contributed by atoms with Crippen molar-refractivity contribution in [2.75, 3.05) is 0 Å². The normalized spacial score (nSPS) is 27.9. The zero-order valence-corrected chi connectivity index (χ0v) is 8.24. The Morgan fingerprint density at radius 3 is 2.12 bits per heavy atom. The van der Waals surface area contributed by atoms with Crippen LogP contribution in [0.15, 0.2) is 23.8 Å². The summed E-state index contributed by atoms with van der Waals surface area (Å²) in [6, 6.07) is -2.59. The Kier molecular flexibility index (Phi) is 3.30. The maximum atomic E-state index is 13.4. The van der Waals surface area contributed by atoms with E-state index in [0.717, 1.165) is 6.08 Å². The van der Waals surface area contributed by atoms with Crippen LogP contribution < -0.4 is 5.73 Å². The average molecular weight is 263 g/mol. The molecular formula is C9H8F7N. The van der Waals surface area contributed by atoms with Gasteiger partial charge in [0.25, 0.3) is 0 Å². The molecule has 0 aromatic rings. The van der Waals surface area contributed by atoms with Crippen LogP contribution in [0.3, 0.4) is 0 Å². The summed E-state index contributed by atoms with van der Waals surface area (Å²) < 4.78 is 86.8. The second kappa shape index (κ2) is 4.01. The van der Waals surface area contributed by atoms with Gasteiger partial charge in [0.15, 0.2) is 0 Å². The number of rotatable bonds is 1. The van der Waals surface area contributed by atoms with Gasteiger partial charge in [-0.2, -0.15) is 26.3 Å². The van der Waals surface area contributed by atoms with Crippen LogP contribution in [0.1, 0.15) is 6.42 Å². The highest BCUT2D eigenvalue weighted by Crippen LogP contribution is 2.43. The zero-order chi connectivity index (χ0) is 13.5. The van der Waals surface area contributed by atoms with Gasteiger partial charge in [-0.15, -0.1) is 0 Å². The Balaban J connectivity index is 2.96. The smallest absolute Gasteiger partial charge is 0.317 e. The first-order valence-electron chi connectivity index (χ1n) is 4.43. The van der Waals surface area contributed by atoms with Crippen LogP contribution >= 0.6 is 0 Å². The summed E-state index contributed by atoms with van der Waals surface area (Å²) in [4.78, 5) is 0. The third kappa shape index (κ3) is 2.80.